The van der Waals surface area contributed by atoms with Gasteiger partial charge in [-0.25, -0.2) is 0 Å². The van der Waals surface area contributed by atoms with Gasteiger partial charge in [0.25, 0.3) is 5.91 Å². The van der Waals surface area contributed by atoms with Crippen LogP contribution in [0.25, 0.3) is 0 Å². The van der Waals surface area contributed by atoms with Crippen LogP contribution in [0.15, 0.2) is 42.6 Å². The summed E-state index contributed by atoms with van der Waals surface area (Å²) in [5, 5.41) is 12.5. The maximum Gasteiger partial charge on any atom is 0.308 e. The first-order valence-corrected chi connectivity index (χ1v) is 9.57. The standard InChI is InChI=1S/C22H26N2O4/c1-15-9-10-18(13-23-15)28-14-16-6-5-7-17(12-16)20(25)24-22(2)11-4-3-8-19(22)21(26)27/h5-7,9-10,12-13,19H,3-4,8,11,14H2,1-2H3,(H,24,25)(H,26,27). The maximum atomic E-state index is 12.8. The Morgan fingerprint density at radius 1 is 1.29 bits per heavy atom. The molecule has 0 bridgehead atoms. The van der Waals surface area contributed by atoms with Crippen molar-refractivity contribution >= 4 is 11.9 Å². The largest absolute Gasteiger partial charge is 0.487 e. The highest BCUT2D eigenvalue weighted by atomic mass is 16.5. The lowest BCUT2D eigenvalue weighted by Gasteiger charge is -2.39. The van der Waals surface area contributed by atoms with Gasteiger partial charge >= 0.3 is 5.97 Å². The van der Waals surface area contributed by atoms with Crippen LogP contribution in [0.1, 0.15) is 54.2 Å². The molecule has 0 spiro atoms. The van der Waals surface area contributed by atoms with E-state index < -0.39 is 17.4 Å². The van der Waals surface area contributed by atoms with Gasteiger partial charge in [-0.3, -0.25) is 14.6 Å². The molecule has 6 nitrogen and oxygen atoms in total. The summed E-state index contributed by atoms with van der Waals surface area (Å²) in [6.07, 6.45) is 4.72. The quantitative estimate of drug-likeness (QED) is 0.795. The van der Waals surface area contributed by atoms with Crippen molar-refractivity contribution in [2.45, 2.75) is 51.7 Å². The van der Waals surface area contributed by atoms with Gasteiger partial charge in [0, 0.05) is 11.3 Å². The first-order valence-electron chi connectivity index (χ1n) is 9.57. The van der Waals surface area contributed by atoms with Gasteiger partial charge in [-0.15, -0.1) is 0 Å². The molecule has 1 saturated carbocycles. The normalized spacial score (nSPS) is 21.7. The van der Waals surface area contributed by atoms with E-state index in [2.05, 4.69) is 10.3 Å². The Balaban J connectivity index is 1.67. The zero-order valence-corrected chi connectivity index (χ0v) is 16.3. The number of carbonyl (C=O) groups is 2. The van der Waals surface area contributed by atoms with Crippen LogP contribution in [0.5, 0.6) is 5.75 Å². The Labute approximate surface area is 164 Å². The van der Waals surface area contributed by atoms with E-state index in [0.717, 1.165) is 24.1 Å². The fourth-order valence-corrected chi connectivity index (χ4v) is 3.72. The highest BCUT2D eigenvalue weighted by Crippen LogP contribution is 2.34. The van der Waals surface area contributed by atoms with Gasteiger partial charge in [0.05, 0.1) is 17.7 Å². The molecule has 1 aromatic carbocycles. The van der Waals surface area contributed by atoms with E-state index in [-0.39, 0.29) is 5.91 Å². The van der Waals surface area contributed by atoms with Crippen molar-refractivity contribution < 1.29 is 19.4 Å². The summed E-state index contributed by atoms with van der Waals surface area (Å²) in [5.74, 6) is -1.00. The molecule has 1 aliphatic rings. The smallest absolute Gasteiger partial charge is 0.308 e. The molecule has 2 N–H and O–H groups in total. The predicted molar refractivity (Wildman–Crippen MR) is 105 cm³/mol. The Hall–Kier alpha value is -2.89. The number of carboxylic acids is 1. The van der Waals surface area contributed by atoms with Crippen LogP contribution in [0.3, 0.4) is 0 Å². The summed E-state index contributed by atoms with van der Waals surface area (Å²) in [6.45, 7) is 4.06. The zero-order valence-electron chi connectivity index (χ0n) is 16.3. The first-order chi connectivity index (χ1) is 13.4. The fourth-order valence-electron chi connectivity index (χ4n) is 3.72. The minimum absolute atomic E-state index is 0.255. The third-order valence-electron chi connectivity index (χ3n) is 5.38. The van der Waals surface area contributed by atoms with E-state index in [1.165, 1.54) is 0 Å². The lowest BCUT2D eigenvalue weighted by molar-refractivity contribution is -0.145. The number of aryl methyl sites for hydroxylation is 1. The molecule has 6 heteroatoms. The van der Waals surface area contributed by atoms with Crippen LogP contribution >= 0.6 is 0 Å². The van der Waals surface area contributed by atoms with Gasteiger partial charge < -0.3 is 15.2 Å². The number of amides is 1. The Morgan fingerprint density at radius 2 is 2.11 bits per heavy atom. The molecule has 2 aromatic rings. The van der Waals surface area contributed by atoms with Gasteiger partial charge in [0.1, 0.15) is 12.4 Å². The van der Waals surface area contributed by atoms with Crippen LogP contribution < -0.4 is 10.1 Å². The minimum atomic E-state index is -0.851. The summed E-state index contributed by atoms with van der Waals surface area (Å²) in [4.78, 5) is 28.6. The lowest BCUT2D eigenvalue weighted by atomic mass is 9.73. The van der Waals surface area contributed by atoms with Crippen LogP contribution in [0.4, 0.5) is 0 Å². The second kappa shape index (κ2) is 8.42. The van der Waals surface area contributed by atoms with Crippen LogP contribution in [0, 0.1) is 12.8 Å². The third-order valence-corrected chi connectivity index (χ3v) is 5.38. The molecule has 3 rings (SSSR count). The molecule has 2 atom stereocenters. The summed E-state index contributed by atoms with van der Waals surface area (Å²) >= 11 is 0. The predicted octanol–water partition coefficient (Wildman–Crippen LogP) is 3.73. The molecule has 2 unspecified atom stereocenters. The molecule has 0 radical (unpaired) electrons. The van der Waals surface area contributed by atoms with Crippen molar-refractivity contribution in [3.8, 4) is 5.75 Å². The highest BCUT2D eigenvalue weighted by Gasteiger charge is 2.42. The summed E-state index contributed by atoms with van der Waals surface area (Å²) < 4.78 is 5.73. The minimum Gasteiger partial charge on any atom is -0.487 e. The SMILES string of the molecule is Cc1ccc(OCc2cccc(C(=O)NC3(C)CCCCC3C(=O)O)c2)cn1. The van der Waals surface area contributed by atoms with Gasteiger partial charge in [-0.1, -0.05) is 25.0 Å². The van der Waals surface area contributed by atoms with Gasteiger partial charge in [0.2, 0.25) is 0 Å². The second-order valence-electron chi connectivity index (χ2n) is 7.63. The average Bonchev–Trinajstić information content (AvgIpc) is 2.67. The summed E-state index contributed by atoms with van der Waals surface area (Å²) in [6, 6.07) is 10.9. The summed E-state index contributed by atoms with van der Waals surface area (Å²) in [7, 11) is 0. The number of rotatable bonds is 6. The van der Waals surface area contributed by atoms with Crippen molar-refractivity contribution in [2.24, 2.45) is 5.92 Å². The molecule has 1 fully saturated rings. The Morgan fingerprint density at radius 3 is 2.82 bits per heavy atom. The number of ether oxygens (including phenoxy) is 1. The topological polar surface area (TPSA) is 88.5 Å². The number of carbonyl (C=O) groups excluding carboxylic acids is 1. The molecule has 1 aromatic heterocycles. The van der Waals surface area contributed by atoms with E-state index in [9.17, 15) is 14.7 Å². The van der Waals surface area contributed by atoms with Crippen molar-refractivity contribution in [1.29, 1.82) is 0 Å². The number of aromatic nitrogens is 1. The van der Waals surface area contributed by atoms with E-state index in [1.807, 2.05) is 32.0 Å². The Kier molecular flexibility index (Phi) is 5.97. The van der Waals surface area contributed by atoms with Crippen LogP contribution in [-0.2, 0) is 11.4 Å². The lowest BCUT2D eigenvalue weighted by Crippen LogP contribution is -2.55. The third kappa shape index (κ3) is 4.68. The van der Waals surface area contributed by atoms with E-state index in [1.54, 1.807) is 24.4 Å². The molecular formula is C22H26N2O4. The molecular weight excluding hydrogens is 356 g/mol. The van der Waals surface area contributed by atoms with E-state index in [0.29, 0.717) is 30.8 Å². The maximum absolute atomic E-state index is 12.8. The number of hydrogen-bond acceptors (Lipinski definition) is 4. The monoisotopic (exact) mass is 382 g/mol. The molecule has 1 amide bonds. The van der Waals surface area contributed by atoms with E-state index >= 15 is 0 Å². The molecule has 0 saturated heterocycles. The van der Waals surface area contributed by atoms with Gasteiger partial charge in [0.15, 0.2) is 0 Å². The molecule has 148 valence electrons. The number of benzene rings is 1. The van der Waals surface area contributed by atoms with Crippen molar-refractivity contribution in [3.63, 3.8) is 0 Å². The van der Waals surface area contributed by atoms with Crippen molar-refractivity contribution in [1.82, 2.24) is 10.3 Å². The fraction of sp³-hybridized carbons (Fsp3) is 0.409. The van der Waals surface area contributed by atoms with Crippen molar-refractivity contribution in [2.75, 3.05) is 0 Å². The van der Waals surface area contributed by atoms with Crippen LogP contribution in [-0.4, -0.2) is 27.5 Å². The van der Waals surface area contributed by atoms with Gasteiger partial charge in [-0.05, 0) is 56.5 Å². The van der Waals surface area contributed by atoms with Gasteiger partial charge in [-0.2, -0.15) is 0 Å². The zero-order chi connectivity index (χ0) is 20.1. The number of hydrogen-bond donors (Lipinski definition) is 2. The second-order valence-corrected chi connectivity index (χ2v) is 7.63. The van der Waals surface area contributed by atoms with Crippen LogP contribution in [0.2, 0.25) is 0 Å². The van der Waals surface area contributed by atoms with Crippen molar-refractivity contribution in [3.05, 3.63) is 59.4 Å². The Bertz CT molecular complexity index is 850. The first kappa shape index (κ1) is 19.9. The van der Waals surface area contributed by atoms with E-state index in [4.69, 9.17) is 4.74 Å². The summed E-state index contributed by atoms with van der Waals surface area (Å²) in [5.41, 5.74) is 1.54. The molecule has 0 aliphatic heterocycles. The molecule has 1 heterocycles. The number of pyridine rings is 1. The average molecular weight is 382 g/mol. The number of nitrogens with zero attached hydrogens (tertiary/aromatic N) is 1. The number of nitrogens with one attached hydrogen (secondary N) is 1. The highest BCUT2D eigenvalue weighted by molar-refractivity contribution is 5.95. The number of carboxylic acid groups (broad SMARTS) is 1. The molecule has 28 heavy (non-hydrogen) atoms. The number of aliphatic carboxylic acids is 1. The molecule has 1 aliphatic carbocycles.